The van der Waals surface area contributed by atoms with Crippen LogP contribution in [0.25, 0.3) is 0 Å². The highest BCUT2D eigenvalue weighted by molar-refractivity contribution is 7.99. The van der Waals surface area contributed by atoms with Crippen LogP contribution in [-0.2, 0) is 0 Å². The summed E-state index contributed by atoms with van der Waals surface area (Å²) in [6.45, 7) is 7.95. The Hall–Kier alpha value is 0.270. The molecular weight excluding hydrogens is 204 g/mol. The molecule has 1 aliphatic rings. The molecule has 3 heteroatoms. The number of hydrogen-bond donors (Lipinski definition) is 1. The third-order valence-corrected chi connectivity index (χ3v) is 4.34. The van der Waals surface area contributed by atoms with Gasteiger partial charge < -0.3 is 5.73 Å². The lowest BCUT2D eigenvalue weighted by Crippen LogP contribution is -2.45. The highest BCUT2D eigenvalue weighted by Crippen LogP contribution is 2.19. The number of hydrogen-bond acceptors (Lipinski definition) is 3. The van der Waals surface area contributed by atoms with Crippen molar-refractivity contribution in [3.63, 3.8) is 0 Å². The fourth-order valence-electron chi connectivity index (χ4n) is 2.21. The van der Waals surface area contributed by atoms with E-state index < -0.39 is 0 Å². The summed E-state index contributed by atoms with van der Waals surface area (Å²) in [6, 6.07) is 0.636. The van der Waals surface area contributed by atoms with Gasteiger partial charge in [-0.1, -0.05) is 13.8 Å². The summed E-state index contributed by atoms with van der Waals surface area (Å²) in [7, 11) is 0. The van der Waals surface area contributed by atoms with Crippen molar-refractivity contribution in [3.8, 4) is 0 Å². The average Bonchev–Trinajstić information content (AvgIpc) is 2.26. The monoisotopic (exact) mass is 230 g/mol. The van der Waals surface area contributed by atoms with Gasteiger partial charge >= 0.3 is 0 Å². The zero-order valence-corrected chi connectivity index (χ0v) is 11.1. The lowest BCUT2D eigenvalue weighted by atomic mass is 9.97. The van der Waals surface area contributed by atoms with Gasteiger partial charge in [0.05, 0.1) is 0 Å². The lowest BCUT2D eigenvalue weighted by molar-refractivity contribution is 0.138. The van der Waals surface area contributed by atoms with Crippen LogP contribution in [0, 0.1) is 5.92 Å². The van der Waals surface area contributed by atoms with E-state index in [4.69, 9.17) is 5.73 Å². The van der Waals surface area contributed by atoms with Crippen molar-refractivity contribution >= 4 is 11.8 Å². The van der Waals surface area contributed by atoms with Gasteiger partial charge in [0.1, 0.15) is 0 Å². The number of likely N-dealkylation sites (tertiary alicyclic amines) is 1. The van der Waals surface area contributed by atoms with Gasteiger partial charge in [0, 0.05) is 12.6 Å². The fraction of sp³-hybridized carbons (Fsp3) is 1.00. The minimum atomic E-state index is 0.636. The third-order valence-electron chi connectivity index (χ3n) is 3.41. The summed E-state index contributed by atoms with van der Waals surface area (Å²) in [5, 5.41) is 0. The molecule has 0 aliphatic carbocycles. The van der Waals surface area contributed by atoms with E-state index in [0.29, 0.717) is 6.04 Å². The normalized spacial score (nSPS) is 21.8. The Balaban J connectivity index is 2.24. The van der Waals surface area contributed by atoms with Crippen molar-refractivity contribution in [2.45, 2.75) is 39.2 Å². The Morgan fingerprint density at radius 2 is 2.07 bits per heavy atom. The number of nitrogens with zero attached hydrogens (tertiary/aromatic N) is 1. The predicted molar refractivity (Wildman–Crippen MR) is 70.4 cm³/mol. The van der Waals surface area contributed by atoms with Crippen LogP contribution in [-0.4, -0.2) is 42.1 Å². The molecular formula is C12H26N2S. The molecule has 1 rings (SSSR count). The standard InChI is InChI=1S/C12H26N2S/c1-3-15-9-6-12(10-13)14-7-4-11(2)5-8-14/h11-12H,3-10,13H2,1-2H3. The van der Waals surface area contributed by atoms with E-state index in [9.17, 15) is 0 Å². The van der Waals surface area contributed by atoms with E-state index in [1.165, 1.54) is 43.9 Å². The summed E-state index contributed by atoms with van der Waals surface area (Å²) in [4.78, 5) is 2.61. The van der Waals surface area contributed by atoms with Crippen LogP contribution in [0.2, 0.25) is 0 Å². The first-order valence-corrected chi connectivity index (χ1v) is 7.45. The van der Waals surface area contributed by atoms with Crippen LogP contribution in [0.3, 0.4) is 0 Å². The number of piperidine rings is 1. The first-order valence-electron chi connectivity index (χ1n) is 6.29. The smallest absolute Gasteiger partial charge is 0.0226 e. The number of thioether (sulfide) groups is 1. The second kappa shape index (κ2) is 7.53. The Kier molecular flexibility index (Phi) is 6.69. The molecule has 15 heavy (non-hydrogen) atoms. The van der Waals surface area contributed by atoms with E-state index >= 15 is 0 Å². The number of rotatable bonds is 6. The van der Waals surface area contributed by atoms with Crippen molar-refractivity contribution in [3.05, 3.63) is 0 Å². The zero-order valence-electron chi connectivity index (χ0n) is 10.2. The van der Waals surface area contributed by atoms with Crippen molar-refractivity contribution in [1.29, 1.82) is 0 Å². The van der Waals surface area contributed by atoms with Crippen LogP contribution in [0.15, 0.2) is 0 Å². The molecule has 1 fully saturated rings. The molecule has 1 heterocycles. The molecule has 0 aromatic rings. The van der Waals surface area contributed by atoms with Crippen molar-refractivity contribution in [2.24, 2.45) is 11.7 Å². The molecule has 0 radical (unpaired) electrons. The molecule has 0 aromatic carbocycles. The van der Waals surface area contributed by atoms with E-state index in [2.05, 4.69) is 18.7 Å². The average molecular weight is 230 g/mol. The topological polar surface area (TPSA) is 29.3 Å². The molecule has 90 valence electrons. The van der Waals surface area contributed by atoms with Crippen LogP contribution in [0.5, 0.6) is 0 Å². The first kappa shape index (κ1) is 13.3. The first-order chi connectivity index (χ1) is 7.27. The van der Waals surface area contributed by atoms with E-state index in [1.807, 2.05) is 11.8 Å². The SMILES string of the molecule is CCSCCC(CN)N1CCC(C)CC1. The summed E-state index contributed by atoms with van der Waals surface area (Å²) in [6.07, 6.45) is 3.98. The molecule has 1 saturated heterocycles. The lowest BCUT2D eigenvalue weighted by Gasteiger charge is -2.36. The van der Waals surface area contributed by atoms with Gasteiger partial charge in [-0.3, -0.25) is 4.90 Å². The number of nitrogens with two attached hydrogens (primary N) is 1. The maximum atomic E-state index is 5.87. The summed E-state index contributed by atoms with van der Waals surface area (Å²) in [5.74, 6) is 3.42. The molecule has 1 unspecified atom stereocenters. The van der Waals surface area contributed by atoms with E-state index in [1.54, 1.807) is 0 Å². The Labute approximate surface area is 99.0 Å². The molecule has 0 saturated carbocycles. The molecule has 0 amide bonds. The minimum Gasteiger partial charge on any atom is -0.329 e. The Morgan fingerprint density at radius 1 is 1.40 bits per heavy atom. The van der Waals surface area contributed by atoms with Gasteiger partial charge in [-0.2, -0.15) is 11.8 Å². The van der Waals surface area contributed by atoms with Gasteiger partial charge in [0.15, 0.2) is 0 Å². The van der Waals surface area contributed by atoms with Crippen LogP contribution in [0.4, 0.5) is 0 Å². The van der Waals surface area contributed by atoms with Gasteiger partial charge in [0.2, 0.25) is 0 Å². The van der Waals surface area contributed by atoms with Crippen molar-refractivity contribution < 1.29 is 0 Å². The van der Waals surface area contributed by atoms with Gasteiger partial charge in [-0.05, 0) is 49.8 Å². The maximum Gasteiger partial charge on any atom is 0.0226 e. The zero-order chi connectivity index (χ0) is 11.1. The molecule has 0 aromatic heterocycles. The second-order valence-corrected chi connectivity index (χ2v) is 5.99. The van der Waals surface area contributed by atoms with Crippen LogP contribution < -0.4 is 5.73 Å². The maximum absolute atomic E-state index is 5.87. The van der Waals surface area contributed by atoms with Gasteiger partial charge in [-0.25, -0.2) is 0 Å². The van der Waals surface area contributed by atoms with Crippen LogP contribution >= 0.6 is 11.8 Å². The minimum absolute atomic E-state index is 0.636. The molecule has 0 bridgehead atoms. The second-order valence-electron chi connectivity index (χ2n) is 4.59. The van der Waals surface area contributed by atoms with E-state index in [0.717, 1.165) is 12.5 Å². The summed E-state index contributed by atoms with van der Waals surface area (Å²) < 4.78 is 0. The quantitative estimate of drug-likeness (QED) is 0.709. The third kappa shape index (κ3) is 4.75. The van der Waals surface area contributed by atoms with Crippen LogP contribution in [0.1, 0.15) is 33.1 Å². The Bertz CT molecular complexity index is 156. The molecule has 1 atom stereocenters. The fourth-order valence-corrected chi connectivity index (χ4v) is 2.93. The molecule has 2 N–H and O–H groups in total. The van der Waals surface area contributed by atoms with E-state index in [-0.39, 0.29) is 0 Å². The molecule has 2 nitrogen and oxygen atoms in total. The molecule has 0 spiro atoms. The van der Waals surface area contributed by atoms with Gasteiger partial charge in [0.25, 0.3) is 0 Å². The summed E-state index contributed by atoms with van der Waals surface area (Å²) in [5.41, 5.74) is 5.87. The molecule has 1 aliphatic heterocycles. The van der Waals surface area contributed by atoms with Crippen molar-refractivity contribution in [1.82, 2.24) is 4.90 Å². The van der Waals surface area contributed by atoms with Crippen molar-refractivity contribution in [2.75, 3.05) is 31.1 Å². The predicted octanol–water partition coefficient (Wildman–Crippen LogP) is 2.19. The highest BCUT2D eigenvalue weighted by Gasteiger charge is 2.21. The van der Waals surface area contributed by atoms with Gasteiger partial charge in [-0.15, -0.1) is 0 Å². The largest absolute Gasteiger partial charge is 0.329 e. The Morgan fingerprint density at radius 3 is 2.60 bits per heavy atom. The highest BCUT2D eigenvalue weighted by atomic mass is 32.2. The summed E-state index contributed by atoms with van der Waals surface area (Å²) >= 11 is 2.03.